The highest BCUT2D eigenvalue weighted by atomic mass is 35.5. The standard InChI is InChI=1S/C19H13ClN6O3S.ClH/c20-15-11-3-1-9(17-21-5-6-22-17)7-14(11)30-16(15)18(27)25-19-23-12-4-2-10(26(28)29)8-13(12)24-19;/h1-4,7-8H,5-6H2,(H,21,22)(H2,23,24,25,27);1H. The van der Waals surface area contributed by atoms with Crippen LogP contribution in [0.1, 0.15) is 15.2 Å². The van der Waals surface area contributed by atoms with Crippen LogP contribution in [-0.2, 0) is 0 Å². The number of nitrogens with zero attached hydrogens (tertiary/aromatic N) is 3. The van der Waals surface area contributed by atoms with E-state index in [2.05, 4.69) is 25.6 Å². The van der Waals surface area contributed by atoms with Crippen molar-refractivity contribution in [3.8, 4) is 0 Å². The summed E-state index contributed by atoms with van der Waals surface area (Å²) < 4.78 is 0.874. The highest BCUT2D eigenvalue weighted by molar-refractivity contribution is 7.21. The first-order valence-corrected chi connectivity index (χ1v) is 10.2. The van der Waals surface area contributed by atoms with Gasteiger partial charge in [-0.15, -0.1) is 23.7 Å². The van der Waals surface area contributed by atoms with Crippen molar-refractivity contribution in [1.82, 2.24) is 15.3 Å². The summed E-state index contributed by atoms with van der Waals surface area (Å²) >= 11 is 7.74. The van der Waals surface area contributed by atoms with Gasteiger partial charge in [-0.25, -0.2) is 4.98 Å². The SMILES string of the molecule is Cl.O=C(Nc1nc2ccc([N+](=O)[O-])cc2[nH]1)c1sc2cc(C3=NCCN3)ccc2c1Cl. The van der Waals surface area contributed by atoms with Crippen LogP contribution in [0.3, 0.4) is 0 Å². The summed E-state index contributed by atoms with van der Waals surface area (Å²) in [7, 11) is 0. The number of halogens is 2. The zero-order valence-corrected chi connectivity index (χ0v) is 18.0. The predicted molar refractivity (Wildman–Crippen MR) is 124 cm³/mol. The number of amides is 1. The molecule has 2 aromatic heterocycles. The molecule has 5 rings (SSSR count). The zero-order chi connectivity index (χ0) is 20.8. The number of nitrogens with one attached hydrogen (secondary N) is 3. The van der Waals surface area contributed by atoms with Crippen molar-refractivity contribution in [2.75, 3.05) is 18.4 Å². The number of imidazole rings is 1. The van der Waals surface area contributed by atoms with E-state index in [1.165, 1.54) is 29.5 Å². The minimum Gasteiger partial charge on any atom is -0.368 e. The number of fused-ring (bicyclic) bond motifs is 2. The first kappa shape index (κ1) is 21.0. The molecule has 3 N–H and O–H groups in total. The molecule has 0 saturated carbocycles. The van der Waals surface area contributed by atoms with Gasteiger partial charge in [0.1, 0.15) is 10.7 Å². The Kier molecular flexibility index (Phi) is 5.52. The molecular weight excluding hydrogens is 463 g/mol. The lowest BCUT2D eigenvalue weighted by Gasteiger charge is -2.01. The van der Waals surface area contributed by atoms with Gasteiger partial charge in [-0.05, 0) is 12.1 Å². The quantitative estimate of drug-likeness (QED) is 0.298. The molecule has 0 aliphatic carbocycles. The number of carbonyl (C=O) groups is 1. The lowest BCUT2D eigenvalue weighted by atomic mass is 10.1. The van der Waals surface area contributed by atoms with Crippen LogP contribution in [0, 0.1) is 10.1 Å². The number of amidine groups is 1. The van der Waals surface area contributed by atoms with Gasteiger partial charge in [0.25, 0.3) is 11.6 Å². The van der Waals surface area contributed by atoms with E-state index >= 15 is 0 Å². The molecule has 3 heterocycles. The molecule has 1 amide bonds. The van der Waals surface area contributed by atoms with Gasteiger partial charge in [0, 0.05) is 34.3 Å². The van der Waals surface area contributed by atoms with Crippen molar-refractivity contribution in [3.63, 3.8) is 0 Å². The van der Waals surface area contributed by atoms with Crippen molar-refractivity contribution in [3.05, 3.63) is 62.0 Å². The van der Waals surface area contributed by atoms with Crippen molar-refractivity contribution in [2.45, 2.75) is 0 Å². The fourth-order valence-electron chi connectivity index (χ4n) is 3.28. The van der Waals surface area contributed by atoms with E-state index in [1.54, 1.807) is 0 Å². The van der Waals surface area contributed by atoms with Gasteiger partial charge in [-0.3, -0.25) is 25.2 Å². The van der Waals surface area contributed by atoms with Crippen LogP contribution in [0.15, 0.2) is 41.4 Å². The normalized spacial score (nSPS) is 13.0. The van der Waals surface area contributed by atoms with Crippen LogP contribution in [0.2, 0.25) is 5.02 Å². The molecule has 0 fully saturated rings. The number of nitro groups is 1. The maximum Gasteiger partial charge on any atom is 0.271 e. The Bertz CT molecular complexity index is 1380. The Balaban J connectivity index is 0.00000231. The summed E-state index contributed by atoms with van der Waals surface area (Å²) in [5, 5.41) is 18.0. The highest BCUT2D eigenvalue weighted by Gasteiger charge is 2.20. The second-order valence-electron chi connectivity index (χ2n) is 6.61. The maximum absolute atomic E-state index is 12.8. The van der Waals surface area contributed by atoms with Gasteiger partial charge in [0.2, 0.25) is 5.95 Å². The van der Waals surface area contributed by atoms with Gasteiger partial charge >= 0.3 is 0 Å². The number of carbonyl (C=O) groups excluding carboxylic acids is 1. The van der Waals surface area contributed by atoms with E-state index in [4.69, 9.17) is 11.6 Å². The third-order valence-electron chi connectivity index (χ3n) is 4.69. The number of nitro benzene ring substituents is 1. The summed E-state index contributed by atoms with van der Waals surface area (Å²) in [5.41, 5.74) is 1.85. The number of aliphatic imine (C=N–C) groups is 1. The first-order chi connectivity index (χ1) is 14.5. The number of rotatable bonds is 4. The number of non-ortho nitro benzene ring substituents is 1. The number of anilines is 1. The van der Waals surface area contributed by atoms with Crippen LogP contribution in [0.4, 0.5) is 11.6 Å². The molecule has 1 aliphatic rings. The lowest BCUT2D eigenvalue weighted by molar-refractivity contribution is -0.384. The van der Waals surface area contributed by atoms with Gasteiger partial charge in [-0.2, -0.15) is 0 Å². The van der Waals surface area contributed by atoms with Crippen LogP contribution >= 0.6 is 35.3 Å². The van der Waals surface area contributed by atoms with E-state index < -0.39 is 10.8 Å². The topological polar surface area (TPSA) is 125 Å². The summed E-state index contributed by atoms with van der Waals surface area (Å²) in [6.45, 7) is 1.56. The minimum absolute atomic E-state index is 0. The number of hydrogen-bond donors (Lipinski definition) is 3. The second kappa shape index (κ2) is 8.14. The molecule has 2 aromatic carbocycles. The van der Waals surface area contributed by atoms with E-state index in [0.29, 0.717) is 20.9 Å². The Labute approximate surface area is 190 Å². The molecule has 9 nitrogen and oxygen atoms in total. The van der Waals surface area contributed by atoms with Gasteiger partial charge in [0.05, 0.1) is 27.5 Å². The Hall–Kier alpha value is -3.21. The molecule has 12 heteroatoms. The molecule has 158 valence electrons. The number of hydrogen-bond acceptors (Lipinski definition) is 7. The van der Waals surface area contributed by atoms with Crippen LogP contribution in [-0.4, -0.2) is 39.7 Å². The van der Waals surface area contributed by atoms with Crippen molar-refractivity contribution in [2.24, 2.45) is 4.99 Å². The van der Waals surface area contributed by atoms with Crippen molar-refractivity contribution in [1.29, 1.82) is 0 Å². The number of aromatic nitrogens is 2. The van der Waals surface area contributed by atoms with E-state index in [1.807, 2.05) is 18.2 Å². The molecule has 4 aromatic rings. The average Bonchev–Trinajstić information content (AvgIpc) is 3.45. The molecule has 0 atom stereocenters. The fraction of sp³-hybridized carbons (Fsp3) is 0.105. The minimum atomic E-state index is -0.490. The summed E-state index contributed by atoms with van der Waals surface area (Å²) in [6.07, 6.45) is 0. The Morgan fingerprint density at radius 1 is 1.26 bits per heavy atom. The molecule has 0 saturated heterocycles. The molecular formula is C19H14Cl2N6O3S. The predicted octanol–water partition coefficient (Wildman–Crippen LogP) is 4.36. The molecule has 0 unspecified atom stereocenters. The largest absolute Gasteiger partial charge is 0.368 e. The molecule has 31 heavy (non-hydrogen) atoms. The Morgan fingerprint density at radius 2 is 2.10 bits per heavy atom. The molecule has 0 bridgehead atoms. The van der Waals surface area contributed by atoms with Crippen molar-refractivity contribution < 1.29 is 9.72 Å². The van der Waals surface area contributed by atoms with Crippen LogP contribution < -0.4 is 10.6 Å². The van der Waals surface area contributed by atoms with Crippen LogP contribution in [0.5, 0.6) is 0 Å². The summed E-state index contributed by atoms with van der Waals surface area (Å²) in [6, 6.07) is 10.0. The van der Waals surface area contributed by atoms with E-state index in [0.717, 1.165) is 34.6 Å². The number of benzene rings is 2. The summed E-state index contributed by atoms with van der Waals surface area (Å²) in [4.78, 5) is 35.1. The van der Waals surface area contributed by atoms with Gasteiger partial charge in [0.15, 0.2) is 0 Å². The summed E-state index contributed by atoms with van der Waals surface area (Å²) in [5.74, 6) is 0.616. The zero-order valence-electron chi connectivity index (χ0n) is 15.6. The maximum atomic E-state index is 12.8. The second-order valence-corrected chi connectivity index (χ2v) is 8.04. The lowest BCUT2D eigenvalue weighted by Crippen LogP contribution is -2.19. The van der Waals surface area contributed by atoms with Crippen LogP contribution in [0.25, 0.3) is 21.1 Å². The van der Waals surface area contributed by atoms with Gasteiger partial charge < -0.3 is 10.3 Å². The molecule has 1 aliphatic heterocycles. The monoisotopic (exact) mass is 476 g/mol. The number of aromatic amines is 1. The number of H-pyrrole nitrogens is 1. The van der Waals surface area contributed by atoms with Gasteiger partial charge in [-0.1, -0.05) is 23.7 Å². The van der Waals surface area contributed by atoms with E-state index in [-0.39, 0.29) is 24.0 Å². The molecule has 0 spiro atoms. The number of thiophene rings is 1. The molecule has 0 radical (unpaired) electrons. The highest BCUT2D eigenvalue weighted by Crippen LogP contribution is 2.36. The first-order valence-electron chi connectivity index (χ1n) is 8.96. The Morgan fingerprint density at radius 3 is 2.84 bits per heavy atom. The van der Waals surface area contributed by atoms with E-state index in [9.17, 15) is 14.9 Å². The smallest absolute Gasteiger partial charge is 0.271 e. The average molecular weight is 477 g/mol. The van der Waals surface area contributed by atoms with Crippen molar-refractivity contribution >= 4 is 79.8 Å². The fourth-order valence-corrected chi connectivity index (χ4v) is 4.74. The third-order valence-corrected chi connectivity index (χ3v) is 6.35. The third kappa shape index (κ3) is 3.80.